The smallest absolute Gasteiger partial charge is 0.339 e. The Hall–Kier alpha value is -3.69. The van der Waals surface area contributed by atoms with Crippen LogP contribution in [0.4, 0.5) is 5.69 Å². The number of benzene rings is 1. The van der Waals surface area contributed by atoms with Crippen molar-refractivity contribution < 1.29 is 24.0 Å². The molecular weight excluding hydrogens is 368 g/mol. The van der Waals surface area contributed by atoms with Crippen molar-refractivity contribution in [2.24, 2.45) is 0 Å². The number of aryl methyl sites for hydroxylation is 1. The average Bonchev–Trinajstić information content (AvgIpc) is 2.94. The molecule has 0 atom stereocenters. The van der Waals surface area contributed by atoms with Crippen LogP contribution in [0.15, 0.2) is 30.3 Å². The summed E-state index contributed by atoms with van der Waals surface area (Å²) in [6, 6.07) is 6.59. The van der Waals surface area contributed by atoms with Crippen LogP contribution in [-0.4, -0.2) is 33.9 Å². The SMILES string of the molecule is CCOC(=O)c1cc(C)n(CC(=O)NNC(=O)c2ccc([N+](=O)[O-])cc2)c1C. The molecule has 2 aromatic rings. The molecule has 0 bridgehead atoms. The Bertz CT molecular complexity index is 917. The van der Waals surface area contributed by atoms with Gasteiger partial charge in [0.1, 0.15) is 6.54 Å². The van der Waals surface area contributed by atoms with Gasteiger partial charge in [-0.05, 0) is 39.0 Å². The maximum atomic E-state index is 12.1. The third-order valence-corrected chi connectivity index (χ3v) is 4.03. The Morgan fingerprint density at radius 2 is 1.79 bits per heavy atom. The summed E-state index contributed by atoms with van der Waals surface area (Å²) in [5.41, 5.74) is 6.18. The molecule has 0 saturated carbocycles. The van der Waals surface area contributed by atoms with Crippen LogP contribution in [0.25, 0.3) is 0 Å². The number of nitro groups is 1. The van der Waals surface area contributed by atoms with Crippen molar-refractivity contribution in [2.45, 2.75) is 27.3 Å². The molecule has 0 aliphatic carbocycles. The minimum absolute atomic E-state index is 0.113. The maximum Gasteiger partial charge on any atom is 0.339 e. The molecule has 10 nitrogen and oxygen atoms in total. The highest BCUT2D eigenvalue weighted by Crippen LogP contribution is 2.16. The van der Waals surface area contributed by atoms with Crippen LogP contribution in [0.5, 0.6) is 0 Å². The zero-order valence-electron chi connectivity index (χ0n) is 15.6. The molecule has 1 aromatic carbocycles. The molecule has 148 valence electrons. The van der Waals surface area contributed by atoms with Gasteiger partial charge < -0.3 is 9.30 Å². The van der Waals surface area contributed by atoms with Gasteiger partial charge in [0.05, 0.1) is 17.1 Å². The van der Waals surface area contributed by atoms with Crippen LogP contribution in [0.1, 0.15) is 39.0 Å². The second-order valence-corrected chi connectivity index (χ2v) is 5.90. The highest BCUT2D eigenvalue weighted by molar-refractivity contribution is 5.95. The Balaban J connectivity index is 1.98. The summed E-state index contributed by atoms with van der Waals surface area (Å²) in [7, 11) is 0. The molecule has 0 aliphatic heterocycles. The van der Waals surface area contributed by atoms with E-state index in [-0.39, 0.29) is 24.4 Å². The van der Waals surface area contributed by atoms with E-state index in [0.29, 0.717) is 17.0 Å². The van der Waals surface area contributed by atoms with E-state index >= 15 is 0 Å². The molecule has 0 fully saturated rings. The van der Waals surface area contributed by atoms with Gasteiger partial charge in [-0.1, -0.05) is 0 Å². The molecule has 2 N–H and O–H groups in total. The summed E-state index contributed by atoms with van der Waals surface area (Å²) in [6.07, 6.45) is 0. The van der Waals surface area contributed by atoms with Crippen molar-refractivity contribution in [1.82, 2.24) is 15.4 Å². The number of rotatable bonds is 6. The van der Waals surface area contributed by atoms with Crippen molar-refractivity contribution >= 4 is 23.5 Å². The molecule has 1 heterocycles. The number of nitrogens with zero attached hydrogens (tertiary/aromatic N) is 2. The lowest BCUT2D eigenvalue weighted by Gasteiger charge is -2.11. The number of ether oxygens (including phenoxy) is 1. The molecule has 10 heteroatoms. The highest BCUT2D eigenvalue weighted by atomic mass is 16.6. The standard InChI is InChI=1S/C18H20N4O6/c1-4-28-18(25)15-9-11(2)21(12(15)3)10-16(23)19-20-17(24)13-5-7-14(8-6-13)22(26)27/h5-9H,4,10H2,1-3H3,(H,19,23)(H,20,24). The molecule has 2 rings (SSSR count). The lowest BCUT2D eigenvalue weighted by molar-refractivity contribution is -0.384. The van der Waals surface area contributed by atoms with E-state index in [2.05, 4.69) is 10.9 Å². The number of esters is 1. The van der Waals surface area contributed by atoms with Crippen molar-refractivity contribution in [3.8, 4) is 0 Å². The summed E-state index contributed by atoms with van der Waals surface area (Å²) in [6.45, 7) is 5.29. The average molecular weight is 388 g/mol. The maximum absolute atomic E-state index is 12.1. The Morgan fingerprint density at radius 1 is 1.14 bits per heavy atom. The van der Waals surface area contributed by atoms with Gasteiger partial charge in [-0.2, -0.15) is 0 Å². The highest BCUT2D eigenvalue weighted by Gasteiger charge is 2.18. The monoisotopic (exact) mass is 388 g/mol. The second-order valence-electron chi connectivity index (χ2n) is 5.90. The first-order valence-corrected chi connectivity index (χ1v) is 8.42. The van der Waals surface area contributed by atoms with Crippen LogP contribution in [0.2, 0.25) is 0 Å². The zero-order chi connectivity index (χ0) is 20.8. The number of hydrazine groups is 1. The molecule has 0 spiro atoms. The molecule has 28 heavy (non-hydrogen) atoms. The third kappa shape index (κ3) is 4.72. The number of carbonyl (C=O) groups excluding carboxylic acids is 3. The number of nitro benzene ring substituents is 1. The van der Waals surface area contributed by atoms with Crippen molar-refractivity contribution in [2.75, 3.05) is 6.61 Å². The first kappa shape index (κ1) is 20.6. The number of non-ortho nitro benzene ring substituents is 1. The molecule has 0 saturated heterocycles. The fourth-order valence-electron chi connectivity index (χ4n) is 2.58. The van der Waals surface area contributed by atoms with E-state index in [9.17, 15) is 24.5 Å². The quantitative estimate of drug-likeness (QED) is 0.439. The summed E-state index contributed by atoms with van der Waals surface area (Å²) < 4.78 is 6.61. The van der Waals surface area contributed by atoms with Gasteiger partial charge in [0.15, 0.2) is 0 Å². The fraction of sp³-hybridized carbons (Fsp3) is 0.278. The fourth-order valence-corrected chi connectivity index (χ4v) is 2.58. The van der Waals surface area contributed by atoms with Gasteiger partial charge >= 0.3 is 5.97 Å². The van der Waals surface area contributed by atoms with E-state index < -0.39 is 22.7 Å². The van der Waals surface area contributed by atoms with Gasteiger partial charge in [-0.15, -0.1) is 0 Å². The second kappa shape index (κ2) is 8.80. The van der Waals surface area contributed by atoms with E-state index in [1.807, 2.05) is 0 Å². The predicted octanol–water partition coefficient (Wildman–Crippen LogP) is 1.65. The largest absolute Gasteiger partial charge is 0.462 e. The van der Waals surface area contributed by atoms with Gasteiger partial charge in [0.2, 0.25) is 0 Å². The first-order chi connectivity index (χ1) is 13.2. The minimum Gasteiger partial charge on any atom is -0.462 e. The van der Waals surface area contributed by atoms with Crippen LogP contribution < -0.4 is 10.9 Å². The summed E-state index contributed by atoms with van der Waals surface area (Å²) in [4.78, 5) is 46.1. The van der Waals surface area contributed by atoms with E-state index in [4.69, 9.17) is 4.74 Å². The van der Waals surface area contributed by atoms with Crippen LogP contribution in [0.3, 0.4) is 0 Å². The van der Waals surface area contributed by atoms with Crippen LogP contribution >= 0.6 is 0 Å². The minimum atomic E-state index is -0.614. The number of hydrogen-bond donors (Lipinski definition) is 2. The molecular formula is C18H20N4O6. The summed E-state index contributed by atoms with van der Waals surface area (Å²) in [5, 5.41) is 10.6. The van der Waals surface area contributed by atoms with E-state index in [0.717, 1.165) is 0 Å². The topological polar surface area (TPSA) is 133 Å². The molecule has 0 radical (unpaired) electrons. The molecule has 0 unspecified atom stereocenters. The van der Waals surface area contributed by atoms with Crippen LogP contribution in [-0.2, 0) is 16.1 Å². The summed E-state index contributed by atoms with van der Waals surface area (Å²) >= 11 is 0. The number of hydrogen-bond acceptors (Lipinski definition) is 6. The normalized spacial score (nSPS) is 10.2. The number of amides is 2. The van der Waals surface area contributed by atoms with E-state index in [1.54, 1.807) is 31.4 Å². The number of carbonyl (C=O) groups is 3. The van der Waals surface area contributed by atoms with Crippen molar-refractivity contribution in [3.63, 3.8) is 0 Å². The molecule has 1 aromatic heterocycles. The summed E-state index contributed by atoms with van der Waals surface area (Å²) in [5.74, 6) is -1.59. The Labute approximate surface area is 160 Å². The number of aromatic nitrogens is 1. The predicted molar refractivity (Wildman–Crippen MR) is 98.6 cm³/mol. The lowest BCUT2D eigenvalue weighted by atomic mass is 10.2. The lowest BCUT2D eigenvalue weighted by Crippen LogP contribution is -2.43. The Kier molecular flexibility index (Phi) is 6.48. The molecule has 2 amide bonds. The number of nitrogens with one attached hydrogen (secondary N) is 2. The third-order valence-electron chi connectivity index (χ3n) is 4.03. The Morgan fingerprint density at radius 3 is 2.36 bits per heavy atom. The van der Waals surface area contributed by atoms with Crippen LogP contribution in [0, 0.1) is 24.0 Å². The first-order valence-electron chi connectivity index (χ1n) is 8.42. The van der Waals surface area contributed by atoms with Gasteiger partial charge in [0, 0.05) is 29.1 Å². The van der Waals surface area contributed by atoms with Gasteiger partial charge in [0.25, 0.3) is 17.5 Å². The van der Waals surface area contributed by atoms with Gasteiger partial charge in [-0.3, -0.25) is 30.6 Å². The van der Waals surface area contributed by atoms with E-state index in [1.165, 1.54) is 24.3 Å². The zero-order valence-corrected chi connectivity index (χ0v) is 15.6. The van der Waals surface area contributed by atoms with Crippen molar-refractivity contribution in [3.05, 3.63) is 63.0 Å². The van der Waals surface area contributed by atoms with Gasteiger partial charge in [-0.25, -0.2) is 4.79 Å². The van der Waals surface area contributed by atoms with Crippen molar-refractivity contribution in [1.29, 1.82) is 0 Å². The molecule has 0 aliphatic rings.